The van der Waals surface area contributed by atoms with E-state index in [4.69, 9.17) is 16.3 Å². The number of hydrogen-bond donors (Lipinski definition) is 0. The van der Waals surface area contributed by atoms with Gasteiger partial charge in [0.15, 0.2) is 5.65 Å². The topological polar surface area (TPSA) is 39.9 Å². The van der Waals surface area contributed by atoms with Gasteiger partial charge in [0, 0.05) is 23.7 Å². The van der Waals surface area contributed by atoms with Gasteiger partial charge in [0.1, 0.15) is 6.61 Å². The van der Waals surface area contributed by atoms with Crippen LogP contribution in [0.1, 0.15) is 11.3 Å². The fraction of sp³-hybridized carbons (Fsp3) is 0.143. The van der Waals surface area contributed by atoms with Gasteiger partial charge in [-0.1, -0.05) is 60.1 Å². The number of nitrogens with zero attached hydrogens (tertiary/aromatic N) is 3. The zero-order chi connectivity index (χ0) is 18.1. The van der Waals surface area contributed by atoms with Crippen LogP contribution in [-0.2, 0) is 13.7 Å². The van der Waals surface area contributed by atoms with Gasteiger partial charge in [-0.3, -0.25) is 4.68 Å². The van der Waals surface area contributed by atoms with E-state index in [0.29, 0.717) is 17.5 Å². The molecule has 0 fully saturated rings. The Labute approximate surface area is 157 Å². The molecule has 4 aromatic rings. The van der Waals surface area contributed by atoms with Crippen LogP contribution in [0.4, 0.5) is 0 Å². The molecule has 0 saturated carbocycles. The minimum absolute atomic E-state index is 0.364. The molecular formula is C21H18ClN3O. The molecule has 0 amide bonds. The number of aryl methyl sites for hydroxylation is 2. The van der Waals surface area contributed by atoms with Crippen LogP contribution in [0.25, 0.3) is 22.2 Å². The SMILES string of the molecule is Cc1nn(C)c2nc(OCc3ccccc3Cl)cc(-c3ccccc3)c12. The number of pyridine rings is 1. The lowest BCUT2D eigenvalue weighted by Gasteiger charge is -2.10. The van der Waals surface area contributed by atoms with Crippen LogP contribution in [-0.4, -0.2) is 14.8 Å². The molecule has 5 heteroatoms. The van der Waals surface area contributed by atoms with Gasteiger partial charge >= 0.3 is 0 Å². The smallest absolute Gasteiger partial charge is 0.216 e. The van der Waals surface area contributed by atoms with Gasteiger partial charge in [-0.2, -0.15) is 10.1 Å². The number of aromatic nitrogens is 3. The third kappa shape index (κ3) is 3.04. The first-order valence-electron chi connectivity index (χ1n) is 8.39. The summed E-state index contributed by atoms with van der Waals surface area (Å²) in [4.78, 5) is 4.66. The van der Waals surface area contributed by atoms with Crippen molar-refractivity contribution in [2.75, 3.05) is 0 Å². The van der Waals surface area contributed by atoms with E-state index in [1.165, 1.54) is 0 Å². The fourth-order valence-corrected chi connectivity index (χ4v) is 3.30. The standard InChI is InChI=1S/C21H18ClN3O/c1-14-20-17(15-8-4-3-5-9-15)12-19(23-21(20)25(2)24-14)26-13-16-10-6-7-11-18(16)22/h3-12H,13H2,1-2H3. The minimum atomic E-state index is 0.364. The van der Waals surface area contributed by atoms with Crippen molar-refractivity contribution in [2.45, 2.75) is 13.5 Å². The zero-order valence-corrected chi connectivity index (χ0v) is 15.4. The summed E-state index contributed by atoms with van der Waals surface area (Å²) in [6.45, 7) is 2.37. The summed E-state index contributed by atoms with van der Waals surface area (Å²) in [5, 5.41) is 6.26. The molecule has 0 aliphatic carbocycles. The summed E-state index contributed by atoms with van der Waals surface area (Å²) >= 11 is 6.23. The van der Waals surface area contributed by atoms with Crippen LogP contribution in [0.2, 0.25) is 5.02 Å². The predicted octanol–water partition coefficient (Wildman–Crippen LogP) is 5.18. The second-order valence-electron chi connectivity index (χ2n) is 6.16. The fourth-order valence-electron chi connectivity index (χ4n) is 3.11. The normalized spacial score (nSPS) is 11.0. The highest BCUT2D eigenvalue weighted by atomic mass is 35.5. The molecule has 0 spiro atoms. The minimum Gasteiger partial charge on any atom is -0.473 e. The van der Waals surface area contributed by atoms with Gasteiger partial charge in [-0.25, -0.2) is 0 Å². The zero-order valence-electron chi connectivity index (χ0n) is 14.6. The molecule has 4 nitrogen and oxygen atoms in total. The Kier molecular flexibility index (Phi) is 4.35. The third-order valence-electron chi connectivity index (χ3n) is 4.36. The van der Waals surface area contributed by atoms with Crippen molar-refractivity contribution < 1.29 is 4.74 Å². The van der Waals surface area contributed by atoms with Crippen LogP contribution >= 0.6 is 11.6 Å². The molecular weight excluding hydrogens is 346 g/mol. The maximum Gasteiger partial charge on any atom is 0.216 e. The largest absolute Gasteiger partial charge is 0.473 e. The first-order valence-corrected chi connectivity index (χ1v) is 8.77. The highest BCUT2D eigenvalue weighted by Gasteiger charge is 2.15. The van der Waals surface area contributed by atoms with E-state index in [2.05, 4.69) is 22.2 Å². The van der Waals surface area contributed by atoms with E-state index in [1.54, 1.807) is 4.68 Å². The Bertz CT molecular complexity index is 1070. The Morgan fingerprint density at radius 3 is 2.54 bits per heavy atom. The lowest BCUT2D eigenvalue weighted by molar-refractivity contribution is 0.295. The average Bonchev–Trinajstić information content (AvgIpc) is 2.95. The molecule has 0 aliphatic heterocycles. The van der Waals surface area contributed by atoms with Crippen LogP contribution < -0.4 is 4.74 Å². The Hall–Kier alpha value is -2.85. The van der Waals surface area contributed by atoms with Crippen LogP contribution in [0, 0.1) is 6.92 Å². The first-order chi connectivity index (χ1) is 12.6. The molecule has 0 N–H and O–H groups in total. The summed E-state index contributed by atoms with van der Waals surface area (Å²) in [5.41, 5.74) is 4.86. The Balaban J connectivity index is 1.79. The molecule has 0 aliphatic rings. The number of fused-ring (bicyclic) bond motifs is 1. The van der Waals surface area contributed by atoms with Gasteiger partial charge < -0.3 is 4.74 Å². The lowest BCUT2D eigenvalue weighted by atomic mass is 10.0. The summed E-state index contributed by atoms with van der Waals surface area (Å²) in [7, 11) is 1.90. The van der Waals surface area contributed by atoms with Gasteiger partial charge in [0.2, 0.25) is 5.88 Å². The molecule has 0 bridgehead atoms. The number of hydrogen-bond acceptors (Lipinski definition) is 3. The first kappa shape index (κ1) is 16.6. The quantitative estimate of drug-likeness (QED) is 0.501. The molecule has 2 heterocycles. The van der Waals surface area contributed by atoms with Crippen molar-refractivity contribution in [2.24, 2.45) is 7.05 Å². The molecule has 130 valence electrons. The molecule has 0 unspecified atom stereocenters. The summed E-state index contributed by atoms with van der Waals surface area (Å²) < 4.78 is 7.76. The number of benzene rings is 2. The van der Waals surface area contributed by atoms with Gasteiger partial charge in [0.25, 0.3) is 0 Å². The Morgan fingerprint density at radius 2 is 1.77 bits per heavy atom. The van der Waals surface area contributed by atoms with Crippen molar-refractivity contribution in [1.29, 1.82) is 0 Å². The predicted molar refractivity (Wildman–Crippen MR) is 104 cm³/mol. The van der Waals surface area contributed by atoms with Crippen molar-refractivity contribution >= 4 is 22.6 Å². The lowest BCUT2D eigenvalue weighted by Crippen LogP contribution is -2.00. The van der Waals surface area contributed by atoms with E-state index in [-0.39, 0.29) is 0 Å². The average molecular weight is 364 g/mol. The molecule has 2 aromatic heterocycles. The van der Waals surface area contributed by atoms with E-state index in [9.17, 15) is 0 Å². The van der Waals surface area contributed by atoms with Crippen LogP contribution in [0.5, 0.6) is 5.88 Å². The number of rotatable bonds is 4. The summed E-state index contributed by atoms with van der Waals surface area (Å²) in [6.07, 6.45) is 0. The van der Waals surface area contributed by atoms with Gasteiger partial charge in [-0.05, 0) is 24.1 Å². The maximum atomic E-state index is 6.23. The molecule has 4 rings (SSSR count). The van der Waals surface area contributed by atoms with Crippen molar-refractivity contribution in [1.82, 2.24) is 14.8 Å². The highest BCUT2D eigenvalue weighted by Crippen LogP contribution is 2.33. The Morgan fingerprint density at radius 1 is 1.04 bits per heavy atom. The van der Waals surface area contributed by atoms with E-state index in [0.717, 1.165) is 33.4 Å². The van der Waals surface area contributed by atoms with Gasteiger partial charge in [0.05, 0.1) is 11.1 Å². The molecule has 0 radical (unpaired) electrons. The van der Waals surface area contributed by atoms with Gasteiger partial charge in [-0.15, -0.1) is 0 Å². The molecule has 2 aromatic carbocycles. The second kappa shape index (κ2) is 6.81. The molecule has 0 saturated heterocycles. The third-order valence-corrected chi connectivity index (χ3v) is 4.73. The van der Waals surface area contributed by atoms with Crippen molar-refractivity contribution in [3.05, 3.63) is 76.9 Å². The van der Waals surface area contributed by atoms with Crippen molar-refractivity contribution in [3.63, 3.8) is 0 Å². The number of halogens is 1. The molecule has 26 heavy (non-hydrogen) atoms. The van der Waals surface area contributed by atoms with Crippen LogP contribution in [0.3, 0.4) is 0 Å². The van der Waals surface area contributed by atoms with Crippen molar-refractivity contribution in [3.8, 4) is 17.0 Å². The second-order valence-corrected chi connectivity index (χ2v) is 6.57. The summed E-state index contributed by atoms with van der Waals surface area (Å²) in [6, 6.07) is 19.9. The highest BCUT2D eigenvalue weighted by molar-refractivity contribution is 6.31. The monoisotopic (exact) mass is 363 g/mol. The van der Waals surface area contributed by atoms with E-state index in [1.807, 2.05) is 62.5 Å². The maximum absolute atomic E-state index is 6.23. The van der Waals surface area contributed by atoms with E-state index < -0.39 is 0 Å². The summed E-state index contributed by atoms with van der Waals surface area (Å²) in [5.74, 6) is 0.555. The van der Waals surface area contributed by atoms with E-state index >= 15 is 0 Å². The molecule has 0 atom stereocenters. The van der Waals surface area contributed by atoms with Crippen LogP contribution in [0.15, 0.2) is 60.7 Å². The number of ether oxygens (including phenoxy) is 1.